The predicted molar refractivity (Wildman–Crippen MR) is 112 cm³/mol. The average Bonchev–Trinajstić information content (AvgIpc) is 2.89. The van der Waals surface area contributed by atoms with Gasteiger partial charge in [-0.3, -0.25) is 0 Å². The summed E-state index contributed by atoms with van der Waals surface area (Å²) >= 11 is 0. The maximum absolute atomic E-state index is 5.56. The Hall–Kier alpha value is -3.35. The zero-order chi connectivity index (χ0) is 19.3. The highest BCUT2D eigenvalue weighted by atomic mass is 16.5. The van der Waals surface area contributed by atoms with Gasteiger partial charge in [-0.2, -0.15) is 4.98 Å². The Balaban J connectivity index is 1.72. The smallest absolute Gasteiger partial charge is 0.244 e. The van der Waals surface area contributed by atoms with Crippen LogP contribution >= 0.6 is 0 Å². The van der Waals surface area contributed by atoms with Crippen molar-refractivity contribution in [2.75, 3.05) is 29.1 Å². The Bertz CT molecular complexity index is 944. The number of nitrogens with zero attached hydrogens (tertiary/aromatic N) is 3. The summed E-state index contributed by atoms with van der Waals surface area (Å²) in [4.78, 5) is 4.67. The van der Waals surface area contributed by atoms with Crippen molar-refractivity contribution in [1.29, 1.82) is 0 Å². The molecule has 0 saturated carbocycles. The average molecular weight is 376 g/mol. The maximum Gasteiger partial charge on any atom is 0.244 e. The number of fused-ring (bicyclic) bond motifs is 3. The molecule has 2 aromatic carbocycles. The molecule has 3 aromatic rings. The van der Waals surface area contributed by atoms with E-state index in [2.05, 4.69) is 38.1 Å². The van der Waals surface area contributed by atoms with Gasteiger partial charge >= 0.3 is 0 Å². The van der Waals surface area contributed by atoms with E-state index in [1.54, 1.807) is 0 Å². The van der Waals surface area contributed by atoms with Gasteiger partial charge < -0.3 is 20.7 Å². The minimum Gasteiger partial charge on any atom is -0.494 e. The molecule has 1 aliphatic heterocycles. The van der Waals surface area contributed by atoms with Crippen molar-refractivity contribution < 1.29 is 4.74 Å². The van der Waals surface area contributed by atoms with Gasteiger partial charge in [0.05, 0.1) is 6.61 Å². The van der Waals surface area contributed by atoms with Gasteiger partial charge in [0.25, 0.3) is 0 Å². The van der Waals surface area contributed by atoms with Crippen LogP contribution in [0.3, 0.4) is 0 Å². The van der Waals surface area contributed by atoms with Crippen molar-refractivity contribution in [3.8, 4) is 17.0 Å². The number of aromatic nitrogens is 3. The molecule has 3 N–H and O–H groups in total. The molecule has 28 heavy (non-hydrogen) atoms. The van der Waals surface area contributed by atoms with Crippen LogP contribution in [-0.2, 0) is 0 Å². The lowest BCUT2D eigenvalue weighted by Crippen LogP contribution is -2.19. The summed E-state index contributed by atoms with van der Waals surface area (Å²) in [6, 6.07) is 16.1. The molecule has 0 amide bonds. The van der Waals surface area contributed by atoms with Crippen LogP contribution in [0.4, 0.5) is 17.5 Å². The van der Waals surface area contributed by atoms with Crippen LogP contribution in [0.5, 0.6) is 5.75 Å². The van der Waals surface area contributed by atoms with E-state index in [1.807, 2.05) is 55.5 Å². The predicted octanol–water partition coefficient (Wildman–Crippen LogP) is 4.30. The first-order valence-corrected chi connectivity index (χ1v) is 9.62. The summed E-state index contributed by atoms with van der Waals surface area (Å²) in [6.07, 6.45) is 0.835. The standard InChI is InChI=1S/C21H24N6O/c1-3-13-22-21-25-20-18(26-27-21)16-7-5-6-8-17(16)23-19(24-20)14-9-11-15(12-10-14)28-4-2/h5-12,19,23H,3-4,13H2,1-2H3,(H2,22,24,25,27). The molecule has 7 nitrogen and oxygen atoms in total. The number of hydrogen-bond acceptors (Lipinski definition) is 7. The fourth-order valence-electron chi connectivity index (χ4n) is 3.15. The monoisotopic (exact) mass is 376 g/mol. The number of rotatable bonds is 6. The van der Waals surface area contributed by atoms with Crippen LogP contribution < -0.4 is 20.7 Å². The Morgan fingerprint density at radius 1 is 1.00 bits per heavy atom. The number of nitrogens with one attached hydrogen (secondary N) is 3. The van der Waals surface area contributed by atoms with Crippen molar-refractivity contribution in [3.63, 3.8) is 0 Å². The third-order valence-corrected chi connectivity index (χ3v) is 4.51. The molecule has 0 radical (unpaired) electrons. The van der Waals surface area contributed by atoms with Gasteiger partial charge in [0.1, 0.15) is 17.6 Å². The van der Waals surface area contributed by atoms with E-state index >= 15 is 0 Å². The molecule has 0 aliphatic carbocycles. The Morgan fingerprint density at radius 2 is 1.82 bits per heavy atom. The van der Waals surface area contributed by atoms with Gasteiger partial charge in [-0.1, -0.05) is 37.3 Å². The highest BCUT2D eigenvalue weighted by Gasteiger charge is 2.24. The summed E-state index contributed by atoms with van der Waals surface area (Å²) in [7, 11) is 0. The van der Waals surface area contributed by atoms with Crippen molar-refractivity contribution in [2.24, 2.45) is 0 Å². The van der Waals surface area contributed by atoms with Crippen LogP contribution in [0.1, 0.15) is 32.0 Å². The van der Waals surface area contributed by atoms with E-state index in [4.69, 9.17) is 4.74 Å². The van der Waals surface area contributed by atoms with Crippen molar-refractivity contribution >= 4 is 17.5 Å². The normalized spacial score (nSPS) is 14.7. The van der Waals surface area contributed by atoms with E-state index in [0.717, 1.165) is 41.2 Å². The van der Waals surface area contributed by atoms with Gasteiger partial charge in [-0.15, -0.1) is 10.2 Å². The van der Waals surface area contributed by atoms with Crippen molar-refractivity contribution in [2.45, 2.75) is 26.4 Å². The summed E-state index contributed by atoms with van der Waals surface area (Å²) in [5.41, 5.74) is 3.77. The number of para-hydroxylation sites is 1. The Labute approximate surface area is 164 Å². The largest absolute Gasteiger partial charge is 0.494 e. The molecule has 0 spiro atoms. The zero-order valence-electron chi connectivity index (χ0n) is 16.1. The second-order valence-electron chi connectivity index (χ2n) is 6.53. The quantitative estimate of drug-likeness (QED) is 0.592. The van der Waals surface area contributed by atoms with Crippen LogP contribution in [-0.4, -0.2) is 28.3 Å². The summed E-state index contributed by atoms with van der Waals surface area (Å²) < 4.78 is 5.56. The van der Waals surface area contributed by atoms with E-state index in [1.165, 1.54) is 0 Å². The van der Waals surface area contributed by atoms with Gasteiger partial charge in [0, 0.05) is 17.8 Å². The molecule has 0 bridgehead atoms. The molecule has 2 heterocycles. The molecule has 4 rings (SSSR count). The number of benzene rings is 2. The molecule has 1 unspecified atom stereocenters. The van der Waals surface area contributed by atoms with Gasteiger partial charge in [-0.25, -0.2) is 0 Å². The zero-order valence-corrected chi connectivity index (χ0v) is 16.1. The lowest BCUT2D eigenvalue weighted by atomic mass is 10.1. The minimum atomic E-state index is -0.159. The van der Waals surface area contributed by atoms with Crippen molar-refractivity contribution in [1.82, 2.24) is 15.2 Å². The molecule has 144 valence electrons. The fraction of sp³-hybridized carbons (Fsp3) is 0.286. The molecule has 1 aromatic heterocycles. The van der Waals surface area contributed by atoms with Crippen LogP contribution in [0.2, 0.25) is 0 Å². The molecular weight excluding hydrogens is 352 g/mol. The molecule has 1 atom stereocenters. The first-order chi connectivity index (χ1) is 13.8. The summed E-state index contributed by atoms with van der Waals surface area (Å²) in [6.45, 7) is 5.53. The topological polar surface area (TPSA) is 84.0 Å². The second-order valence-corrected chi connectivity index (χ2v) is 6.53. The lowest BCUT2D eigenvalue weighted by molar-refractivity contribution is 0.340. The van der Waals surface area contributed by atoms with Gasteiger partial charge in [0.15, 0.2) is 5.82 Å². The summed E-state index contributed by atoms with van der Waals surface area (Å²) in [5, 5.41) is 18.9. The molecular formula is C21H24N6O. The first kappa shape index (κ1) is 18.0. The number of hydrogen-bond donors (Lipinski definition) is 3. The molecule has 0 fully saturated rings. The Kier molecular flexibility index (Phi) is 5.23. The third-order valence-electron chi connectivity index (χ3n) is 4.51. The minimum absolute atomic E-state index is 0.159. The van der Waals surface area contributed by atoms with E-state index in [9.17, 15) is 0 Å². The highest BCUT2D eigenvalue weighted by molar-refractivity contribution is 5.84. The van der Waals surface area contributed by atoms with Crippen LogP contribution in [0, 0.1) is 0 Å². The van der Waals surface area contributed by atoms with E-state index in [0.29, 0.717) is 18.4 Å². The van der Waals surface area contributed by atoms with Crippen LogP contribution in [0.25, 0.3) is 11.3 Å². The first-order valence-electron chi connectivity index (χ1n) is 9.62. The molecule has 1 aliphatic rings. The second kappa shape index (κ2) is 8.12. The van der Waals surface area contributed by atoms with E-state index in [-0.39, 0.29) is 6.17 Å². The lowest BCUT2D eigenvalue weighted by Gasteiger charge is -2.20. The Morgan fingerprint density at radius 3 is 2.61 bits per heavy atom. The SMILES string of the molecule is CCCNc1nnc2c(n1)NC(c1ccc(OCC)cc1)Nc1ccccc1-2. The maximum atomic E-state index is 5.56. The highest BCUT2D eigenvalue weighted by Crippen LogP contribution is 2.37. The van der Waals surface area contributed by atoms with Crippen LogP contribution in [0.15, 0.2) is 48.5 Å². The fourth-order valence-corrected chi connectivity index (χ4v) is 3.15. The summed E-state index contributed by atoms with van der Waals surface area (Å²) in [5.74, 6) is 2.08. The molecule has 7 heteroatoms. The third kappa shape index (κ3) is 3.69. The van der Waals surface area contributed by atoms with Crippen molar-refractivity contribution in [3.05, 3.63) is 54.1 Å². The van der Waals surface area contributed by atoms with Gasteiger partial charge in [0.2, 0.25) is 5.95 Å². The number of ether oxygens (including phenoxy) is 1. The molecule has 0 saturated heterocycles. The van der Waals surface area contributed by atoms with E-state index < -0.39 is 0 Å². The van der Waals surface area contributed by atoms with Gasteiger partial charge in [-0.05, 0) is 37.1 Å². The number of anilines is 3.